The van der Waals surface area contributed by atoms with Crippen LogP contribution < -0.4 is 10.2 Å². The van der Waals surface area contributed by atoms with E-state index in [1.165, 1.54) is 16.1 Å². The SMILES string of the molecule is O=C(NCCCN1CCc2ccccc21)c1ccc([C@@H]2CCCO2)s1. The largest absolute Gasteiger partial charge is 0.373 e. The molecule has 0 spiro atoms. The van der Waals surface area contributed by atoms with Crippen LogP contribution in [0.1, 0.15) is 45.5 Å². The Morgan fingerprint density at radius 1 is 1.28 bits per heavy atom. The van der Waals surface area contributed by atoms with Crippen LogP contribution in [0, 0.1) is 0 Å². The molecule has 1 aromatic carbocycles. The minimum Gasteiger partial charge on any atom is -0.373 e. The van der Waals surface area contributed by atoms with Crippen LogP contribution in [0.3, 0.4) is 0 Å². The number of hydrogen-bond acceptors (Lipinski definition) is 4. The summed E-state index contributed by atoms with van der Waals surface area (Å²) in [6, 6.07) is 12.6. The standard InChI is InChI=1S/C20H24N2O2S/c23-20(19-9-8-18(25-19)17-7-3-14-24-17)21-11-4-12-22-13-10-15-5-1-2-6-16(15)22/h1-2,5-6,8-9,17H,3-4,7,10-14H2,(H,21,23)/t17-/m0/s1. The lowest BCUT2D eigenvalue weighted by molar-refractivity contribution is 0.0957. The predicted molar refractivity (Wildman–Crippen MR) is 102 cm³/mol. The molecule has 1 atom stereocenters. The van der Waals surface area contributed by atoms with E-state index in [1.807, 2.05) is 12.1 Å². The molecule has 0 saturated carbocycles. The zero-order valence-electron chi connectivity index (χ0n) is 14.4. The highest BCUT2D eigenvalue weighted by atomic mass is 32.1. The first-order chi connectivity index (χ1) is 12.3. The van der Waals surface area contributed by atoms with Gasteiger partial charge in [0.05, 0.1) is 11.0 Å². The molecule has 4 nitrogen and oxygen atoms in total. The molecule has 1 saturated heterocycles. The van der Waals surface area contributed by atoms with Gasteiger partial charge >= 0.3 is 0 Å². The first kappa shape index (κ1) is 16.6. The molecule has 4 rings (SSSR count). The number of ether oxygens (including phenoxy) is 1. The third-order valence-corrected chi connectivity index (χ3v) is 6.15. The maximum Gasteiger partial charge on any atom is 0.261 e. The van der Waals surface area contributed by atoms with E-state index in [1.54, 1.807) is 11.3 Å². The Hall–Kier alpha value is -1.85. The van der Waals surface area contributed by atoms with Crippen LogP contribution >= 0.6 is 11.3 Å². The molecule has 25 heavy (non-hydrogen) atoms. The molecule has 0 aliphatic carbocycles. The number of rotatable bonds is 6. The maximum atomic E-state index is 12.3. The van der Waals surface area contributed by atoms with Gasteiger partial charge in [0.25, 0.3) is 5.91 Å². The summed E-state index contributed by atoms with van der Waals surface area (Å²) in [6.45, 7) is 3.63. The van der Waals surface area contributed by atoms with Crippen molar-refractivity contribution >= 4 is 22.9 Å². The van der Waals surface area contributed by atoms with Crippen molar-refractivity contribution in [1.82, 2.24) is 5.32 Å². The summed E-state index contributed by atoms with van der Waals surface area (Å²) in [5.41, 5.74) is 2.79. The summed E-state index contributed by atoms with van der Waals surface area (Å²) in [5.74, 6) is 0.0380. The number of hydrogen-bond donors (Lipinski definition) is 1. The molecule has 1 N–H and O–H groups in total. The molecule has 0 bridgehead atoms. The average Bonchev–Trinajstić information content (AvgIpc) is 3.38. The zero-order chi connectivity index (χ0) is 17.1. The number of anilines is 1. The molecule has 2 aliphatic rings. The third-order valence-electron chi connectivity index (χ3n) is 4.97. The van der Waals surface area contributed by atoms with Crippen LogP contribution in [0.2, 0.25) is 0 Å². The van der Waals surface area contributed by atoms with Crippen molar-refractivity contribution in [3.05, 3.63) is 51.7 Å². The Balaban J connectivity index is 1.23. The quantitative estimate of drug-likeness (QED) is 0.801. The molecule has 5 heteroatoms. The number of thiophene rings is 1. The predicted octanol–water partition coefficient (Wildman–Crippen LogP) is 3.78. The van der Waals surface area contributed by atoms with Crippen molar-refractivity contribution in [3.63, 3.8) is 0 Å². The molecule has 0 radical (unpaired) electrons. The molecule has 2 aliphatic heterocycles. The topological polar surface area (TPSA) is 41.6 Å². The first-order valence-corrected chi connectivity index (χ1v) is 9.95. The highest BCUT2D eigenvalue weighted by molar-refractivity contribution is 7.14. The van der Waals surface area contributed by atoms with E-state index in [0.29, 0.717) is 6.54 Å². The Morgan fingerprint density at radius 2 is 2.20 bits per heavy atom. The van der Waals surface area contributed by atoms with E-state index in [-0.39, 0.29) is 12.0 Å². The fourth-order valence-corrected chi connectivity index (χ4v) is 4.66. The van der Waals surface area contributed by atoms with Gasteiger partial charge in [0.1, 0.15) is 0 Å². The maximum absolute atomic E-state index is 12.3. The van der Waals surface area contributed by atoms with Crippen LogP contribution in [-0.2, 0) is 11.2 Å². The van der Waals surface area contributed by atoms with Gasteiger partial charge in [-0.3, -0.25) is 4.79 Å². The fourth-order valence-electron chi connectivity index (χ4n) is 3.65. The van der Waals surface area contributed by atoms with Crippen molar-refractivity contribution in [2.45, 2.75) is 31.8 Å². The summed E-state index contributed by atoms with van der Waals surface area (Å²) in [4.78, 5) is 16.7. The Labute approximate surface area is 152 Å². The molecule has 2 aromatic rings. The van der Waals surface area contributed by atoms with Crippen LogP contribution in [0.4, 0.5) is 5.69 Å². The zero-order valence-corrected chi connectivity index (χ0v) is 15.2. The van der Waals surface area contributed by atoms with Crippen LogP contribution in [0.15, 0.2) is 36.4 Å². The molecule has 1 aromatic heterocycles. The van der Waals surface area contributed by atoms with Gasteiger partial charge in [-0.2, -0.15) is 0 Å². The van der Waals surface area contributed by atoms with Gasteiger partial charge in [-0.15, -0.1) is 11.3 Å². The number of nitrogens with one attached hydrogen (secondary N) is 1. The van der Waals surface area contributed by atoms with Crippen molar-refractivity contribution in [2.24, 2.45) is 0 Å². The molecular formula is C20H24N2O2S. The lowest BCUT2D eigenvalue weighted by Gasteiger charge is -2.19. The minimum absolute atomic E-state index is 0.0380. The summed E-state index contributed by atoms with van der Waals surface area (Å²) in [6.07, 6.45) is 4.47. The lowest BCUT2D eigenvalue weighted by Crippen LogP contribution is -2.28. The highest BCUT2D eigenvalue weighted by Crippen LogP contribution is 2.33. The molecule has 1 fully saturated rings. The lowest BCUT2D eigenvalue weighted by atomic mass is 10.2. The number of fused-ring (bicyclic) bond motifs is 1. The monoisotopic (exact) mass is 356 g/mol. The van der Waals surface area contributed by atoms with Gasteiger partial charge in [0.15, 0.2) is 0 Å². The van der Waals surface area contributed by atoms with Crippen LogP contribution in [0.25, 0.3) is 0 Å². The van der Waals surface area contributed by atoms with Gasteiger partial charge in [-0.1, -0.05) is 18.2 Å². The highest BCUT2D eigenvalue weighted by Gasteiger charge is 2.21. The number of carbonyl (C=O) groups excluding carboxylic acids is 1. The number of benzene rings is 1. The Kier molecular flexibility index (Phi) is 5.04. The molecule has 132 valence electrons. The van der Waals surface area contributed by atoms with Gasteiger partial charge in [-0.05, 0) is 49.4 Å². The van der Waals surface area contributed by atoms with Gasteiger partial charge in [0.2, 0.25) is 0 Å². The summed E-state index contributed by atoms with van der Waals surface area (Å²) >= 11 is 1.56. The van der Waals surface area contributed by atoms with E-state index >= 15 is 0 Å². The second-order valence-corrected chi connectivity index (χ2v) is 7.79. The second-order valence-electron chi connectivity index (χ2n) is 6.68. The molecule has 1 amide bonds. The molecule has 3 heterocycles. The number of nitrogens with zero attached hydrogens (tertiary/aromatic N) is 1. The van der Waals surface area contributed by atoms with Gasteiger partial charge in [-0.25, -0.2) is 0 Å². The van der Waals surface area contributed by atoms with Crippen molar-refractivity contribution in [3.8, 4) is 0 Å². The summed E-state index contributed by atoms with van der Waals surface area (Å²) in [7, 11) is 0. The number of amides is 1. The van der Waals surface area contributed by atoms with E-state index < -0.39 is 0 Å². The van der Waals surface area contributed by atoms with E-state index in [4.69, 9.17) is 4.74 Å². The van der Waals surface area contributed by atoms with Crippen molar-refractivity contribution < 1.29 is 9.53 Å². The normalized spacial score (nSPS) is 19.2. The van der Waals surface area contributed by atoms with Crippen molar-refractivity contribution in [2.75, 3.05) is 31.1 Å². The number of para-hydroxylation sites is 1. The van der Waals surface area contributed by atoms with E-state index in [0.717, 1.165) is 50.3 Å². The Bertz CT molecular complexity index is 737. The average molecular weight is 356 g/mol. The van der Waals surface area contributed by atoms with E-state index in [9.17, 15) is 4.79 Å². The van der Waals surface area contributed by atoms with Crippen LogP contribution in [0.5, 0.6) is 0 Å². The summed E-state index contributed by atoms with van der Waals surface area (Å²) < 4.78 is 5.69. The molecule has 0 unspecified atom stereocenters. The van der Waals surface area contributed by atoms with Crippen molar-refractivity contribution in [1.29, 1.82) is 0 Å². The van der Waals surface area contributed by atoms with Gasteiger partial charge < -0.3 is 15.0 Å². The fraction of sp³-hybridized carbons (Fsp3) is 0.450. The third kappa shape index (κ3) is 3.72. The number of carbonyl (C=O) groups is 1. The second kappa shape index (κ2) is 7.58. The molecular weight excluding hydrogens is 332 g/mol. The Morgan fingerprint density at radius 3 is 3.08 bits per heavy atom. The van der Waals surface area contributed by atoms with Gasteiger partial charge in [0, 0.05) is 36.8 Å². The summed E-state index contributed by atoms with van der Waals surface area (Å²) in [5, 5.41) is 3.05. The van der Waals surface area contributed by atoms with E-state index in [2.05, 4.69) is 34.5 Å². The minimum atomic E-state index is 0.0380. The first-order valence-electron chi connectivity index (χ1n) is 9.13. The van der Waals surface area contributed by atoms with Crippen LogP contribution in [-0.4, -0.2) is 32.1 Å². The smallest absolute Gasteiger partial charge is 0.261 e.